The summed E-state index contributed by atoms with van der Waals surface area (Å²) in [4.78, 5) is 55.0. The van der Waals surface area contributed by atoms with E-state index in [2.05, 4.69) is 79.6 Å². The van der Waals surface area contributed by atoms with E-state index in [0.717, 1.165) is 65.8 Å². The molecule has 2 atom stereocenters. The fourth-order valence-corrected chi connectivity index (χ4v) is 9.64. The molecule has 2 unspecified atom stereocenters. The highest BCUT2D eigenvalue weighted by Crippen LogP contribution is 2.35. The molecular formula is C48H62N12O4S2. The number of carbonyl (C=O) groups is 2. The summed E-state index contributed by atoms with van der Waals surface area (Å²) in [5, 5.41) is 26.1. The first-order chi connectivity index (χ1) is 31.6. The number of nitrogens with zero attached hydrogens (tertiary/aromatic N) is 11. The Bertz CT molecular complexity index is 2480. The van der Waals surface area contributed by atoms with Gasteiger partial charge in [0, 0.05) is 74.6 Å². The molecule has 4 aromatic rings. The molecule has 18 heteroatoms. The van der Waals surface area contributed by atoms with Crippen molar-refractivity contribution in [2.75, 3.05) is 79.6 Å². The number of nitrogens with one attached hydrogen (secondary N) is 1. The van der Waals surface area contributed by atoms with Gasteiger partial charge in [0.05, 0.1) is 55.0 Å². The van der Waals surface area contributed by atoms with Gasteiger partial charge in [-0.2, -0.15) is 10.5 Å². The molecule has 2 aromatic carbocycles. The number of amides is 2. The number of fused-ring (bicyclic) bond motifs is 3. The maximum absolute atomic E-state index is 12.9. The van der Waals surface area contributed by atoms with Crippen LogP contribution in [0.3, 0.4) is 0 Å². The maximum atomic E-state index is 12.9. The Balaban J connectivity index is 0.000000206. The summed E-state index contributed by atoms with van der Waals surface area (Å²) in [6, 6.07) is 18.9. The molecule has 0 aliphatic carbocycles. The Morgan fingerprint density at radius 3 is 1.77 bits per heavy atom. The minimum absolute atomic E-state index is 0.223. The number of hydrogen-bond donors (Lipinski definition) is 1. The zero-order valence-corrected chi connectivity index (χ0v) is 41.1. The number of aromatic nitrogens is 4. The zero-order chi connectivity index (χ0) is 47.2. The summed E-state index contributed by atoms with van der Waals surface area (Å²) < 4.78 is 11.2. The molecule has 0 spiro atoms. The van der Waals surface area contributed by atoms with Crippen molar-refractivity contribution in [3.8, 4) is 12.1 Å². The quantitative estimate of drug-likeness (QED) is 0.143. The van der Waals surface area contributed by atoms with Crippen molar-refractivity contribution in [2.24, 2.45) is 0 Å². The smallest absolute Gasteiger partial charge is 0.410 e. The van der Waals surface area contributed by atoms with Gasteiger partial charge in [-0.1, -0.05) is 59.9 Å². The fourth-order valence-electron chi connectivity index (χ4n) is 8.88. The lowest BCUT2D eigenvalue weighted by Crippen LogP contribution is -2.56. The van der Waals surface area contributed by atoms with E-state index in [4.69, 9.17) is 24.4 Å². The molecule has 4 aliphatic heterocycles. The maximum Gasteiger partial charge on any atom is 0.410 e. The Morgan fingerprint density at radius 1 is 0.697 bits per heavy atom. The Kier molecular flexibility index (Phi) is 15.4. The molecule has 2 fully saturated rings. The SMILES string of the molecule is CSc1nc2c(c(N3CCN(C(=O)OC(C)(C)C)C(CC#N)C3)n1)CCN(c1cccc3ccccc13)C2.CSc1nc2c(c(N3CCN(C(=O)OC(C)(C)C)C(CC#N)C3)n1)CCNC2. The highest BCUT2D eigenvalue weighted by molar-refractivity contribution is 7.98. The standard InChI is InChI=1S/C29H34N6O2S.C19H28N6O2S/c1-29(2,3)37-28(36)35-17-16-34(18-21(35)12-14-30)26-23-13-15-33(19-24(23)31-27(32-26)38-4)25-11-7-9-20-8-5-6-10-22(20)25;1-19(2,3)27-18(26)25-10-9-24(12-13(25)5-7-20)16-14-6-8-21-11-15(14)22-17(23-16)28-4/h5-11,21H,12-13,15-19H2,1-4H3;13,21H,5-6,8-12H2,1-4H3. The normalized spacial score (nSPS) is 18.6. The largest absolute Gasteiger partial charge is 0.444 e. The third-order valence-corrected chi connectivity index (χ3v) is 13.0. The van der Waals surface area contributed by atoms with E-state index >= 15 is 0 Å². The van der Waals surface area contributed by atoms with Gasteiger partial charge in [0.2, 0.25) is 0 Å². The van der Waals surface area contributed by atoms with E-state index in [1.807, 2.05) is 54.1 Å². The highest BCUT2D eigenvalue weighted by Gasteiger charge is 2.37. The van der Waals surface area contributed by atoms with Crippen LogP contribution in [0.25, 0.3) is 10.8 Å². The van der Waals surface area contributed by atoms with Crippen LogP contribution in [0, 0.1) is 22.7 Å². The van der Waals surface area contributed by atoms with Gasteiger partial charge in [-0.15, -0.1) is 0 Å². The van der Waals surface area contributed by atoms with Crippen molar-refractivity contribution >= 4 is 63.8 Å². The zero-order valence-electron chi connectivity index (χ0n) is 39.5. The van der Waals surface area contributed by atoms with Crippen molar-refractivity contribution in [2.45, 2.75) is 114 Å². The molecular weight excluding hydrogens is 873 g/mol. The van der Waals surface area contributed by atoms with Crippen molar-refractivity contribution in [3.63, 3.8) is 0 Å². The molecule has 0 radical (unpaired) electrons. The number of nitriles is 2. The molecule has 4 aliphatic rings. The second-order valence-corrected chi connectivity index (χ2v) is 20.3. The molecule has 16 nitrogen and oxygen atoms in total. The first-order valence-corrected chi connectivity index (χ1v) is 25.1. The Labute approximate surface area is 397 Å². The summed E-state index contributed by atoms with van der Waals surface area (Å²) in [6.45, 7) is 17.8. The van der Waals surface area contributed by atoms with Crippen LogP contribution in [-0.2, 0) is 35.4 Å². The predicted molar refractivity (Wildman–Crippen MR) is 260 cm³/mol. The third-order valence-electron chi connectivity index (χ3n) is 11.9. The second kappa shape index (κ2) is 20.9. The number of carbonyl (C=O) groups excluding carboxylic acids is 2. The van der Waals surface area contributed by atoms with Crippen LogP contribution in [0.2, 0.25) is 0 Å². The summed E-state index contributed by atoms with van der Waals surface area (Å²) in [6.07, 6.45) is 5.47. The number of rotatable bonds is 7. The number of anilines is 3. The molecule has 1 N–H and O–H groups in total. The molecule has 6 heterocycles. The van der Waals surface area contributed by atoms with E-state index < -0.39 is 11.2 Å². The molecule has 66 heavy (non-hydrogen) atoms. The van der Waals surface area contributed by atoms with Gasteiger partial charge in [0.25, 0.3) is 0 Å². The molecule has 350 valence electrons. The topological polar surface area (TPSA) is 180 Å². The van der Waals surface area contributed by atoms with E-state index in [9.17, 15) is 20.1 Å². The summed E-state index contributed by atoms with van der Waals surface area (Å²) in [5.74, 6) is 1.88. The molecule has 2 saturated heterocycles. The third kappa shape index (κ3) is 11.5. The Morgan fingerprint density at radius 2 is 1.23 bits per heavy atom. The van der Waals surface area contributed by atoms with Gasteiger partial charge in [0.1, 0.15) is 22.8 Å². The first-order valence-electron chi connectivity index (χ1n) is 22.6. The number of thioether (sulfide) groups is 2. The molecule has 0 bridgehead atoms. The molecule has 2 amide bonds. The van der Waals surface area contributed by atoms with Crippen molar-refractivity contribution in [1.29, 1.82) is 10.5 Å². The van der Waals surface area contributed by atoms with Gasteiger partial charge in [-0.25, -0.2) is 29.5 Å². The minimum atomic E-state index is -0.583. The van der Waals surface area contributed by atoms with Crippen LogP contribution in [0.4, 0.5) is 26.9 Å². The first kappa shape index (κ1) is 48.4. The lowest BCUT2D eigenvalue weighted by atomic mass is 10.0. The van der Waals surface area contributed by atoms with Crippen molar-refractivity contribution in [3.05, 3.63) is 65.0 Å². The minimum Gasteiger partial charge on any atom is -0.444 e. The number of piperazine rings is 2. The van der Waals surface area contributed by atoms with Crippen LogP contribution in [-0.4, -0.2) is 130 Å². The van der Waals surface area contributed by atoms with Gasteiger partial charge >= 0.3 is 12.2 Å². The monoisotopic (exact) mass is 934 g/mol. The fraction of sp³-hybridized carbons (Fsp3) is 0.542. The van der Waals surface area contributed by atoms with Crippen LogP contribution in [0.15, 0.2) is 52.8 Å². The van der Waals surface area contributed by atoms with Crippen molar-refractivity contribution in [1.82, 2.24) is 35.1 Å². The van der Waals surface area contributed by atoms with Crippen molar-refractivity contribution < 1.29 is 19.1 Å². The van der Waals surface area contributed by atoms with E-state index in [0.29, 0.717) is 45.8 Å². The highest BCUT2D eigenvalue weighted by atomic mass is 32.2. The van der Waals surface area contributed by atoms with Gasteiger partial charge in [-0.3, -0.25) is 0 Å². The van der Waals surface area contributed by atoms with Gasteiger partial charge in [0.15, 0.2) is 10.3 Å². The van der Waals surface area contributed by atoms with Crippen LogP contribution in [0.5, 0.6) is 0 Å². The average Bonchev–Trinajstić information content (AvgIpc) is 3.29. The lowest BCUT2D eigenvalue weighted by Gasteiger charge is -2.42. The Hall–Kier alpha value is -5.56. The van der Waals surface area contributed by atoms with Gasteiger partial charge < -0.3 is 39.3 Å². The molecule has 8 rings (SSSR count). The van der Waals surface area contributed by atoms with E-state index in [1.54, 1.807) is 9.80 Å². The van der Waals surface area contributed by atoms with Crippen LogP contribution < -0.4 is 20.0 Å². The summed E-state index contributed by atoms with van der Waals surface area (Å²) >= 11 is 3.07. The number of ether oxygens (including phenoxy) is 2. The predicted octanol–water partition coefficient (Wildman–Crippen LogP) is 7.44. The number of benzene rings is 2. The van der Waals surface area contributed by atoms with Crippen LogP contribution in [0.1, 0.15) is 76.9 Å². The van der Waals surface area contributed by atoms with E-state index in [-0.39, 0.29) is 37.1 Å². The van der Waals surface area contributed by atoms with Gasteiger partial charge in [-0.05, 0) is 84.9 Å². The summed E-state index contributed by atoms with van der Waals surface area (Å²) in [7, 11) is 0. The van der Waals surface area contributed by atoms with E-state index in [1.165, 1.54) is 51.1 Å². The summed E-state index contributed by atoms with van der Waals surface area (Å²) in [5.41, 5.74) is 4.52. The molecule has 0 saturated carbocycles. The average molecular weight is 935 g/mol. The lowest BCUT2D eigenvalue weighted by molar-refractivity contribution is 0.0134. The van der Waals surface area contributed by atoms with Crippen LogP contribution >= 0.6 is 23.5 Å². The second-order valence-electron chi connectivity index (χ2n) is 18.8. The number of hydrogen-bond acceptors (Lipinski definition) is 16. The molecule has 2 aromatic heterocycles.